The van der Waals surface area contributed by atoms with Crippen LogP contribution in [0.3, 0.4) is 0 Å². The van der Waals surface area contributed by atoms with Gasteiger partial charge in [0.15, 0.2) is 0 Å². The van der Waals surface area contributed by atoms with Crippen molar-refractivity contribution in [3.63, 3.8) is 0 Å². The van der Waals surface area contributed by atoms with Crippen LogP contribution in [0.15, 0.2) is 48.6 Å². The second-order valence-corrected chi connectivity index (χ2v) is 9.44. The number of allylic oxidation sites excluding steroid dienone is 8. The van der Waals surface area contributed by atoms with Gasteiger partial charge < -0.3 is 14.6 Å². The van der Waals surface area contributed by atoms with Gasteiger partial charge in [0.05, 0.1) is 13.2 Å². The van der Waals surface area contributed by atoms with Gasteiger partial charge in [-0.2, -0.15) is 0 Å². The Balaban J connectivity index is 3.57. The number of carbonyl (C=O) groups is 1. The smallest absolute Gasteiger partial charge is 0.306 e. The van der Waals surface area contributed by atoms with Crippen LogP contribution < -0.4 is 0 Å². The molecule has 0 aliphatic carbocycles. The second kappa shape index (κ2) is 29.6. The lowest BCUT2D eigenvalue weighted by Crippen LogP contribution is -2.27. The van der Waals surface area contributed by atoms with Crippen molar-refractivity contribution in [3.8, 4) is 0 Å². The summed E-state index contributed by atoms with van der Waals surface area (Å²) in [6, 6.07) is 0. The number of hydrogen-bond donors (Lipinski definition) is 1. The third kappa shape index (κ3) is 26.9. The molecular formula is C32H56O4. The largest absolute Gasteiger partial charge is 0.457 e. The molecule has 0 aliphatic rings. The maximum Gasteiger partial charge on any atom is 0.306 e. The zero-order valence-electron chi connectivity index (χ0n) is 23.5. The van der Waals surface area contributed by atoms with E-state index in [1.54, 1.807) is 0 Å². The summed E-state index contributed by atoms with van der Waals surface area (Å²) in [5, 5.41) is 9.45. The highest BCUT2D eigenvalue weighted by atomic mass is 16.6. The minimum atomic E-state index is -0.541. The lowest BCUT2D eigenvalue weighted by atomic mass is 10.1. The molecule has 0 fully saturated rings. The van der Waals surface area contributed by atoms with E-state index in [1.165, 1.54) is 38.5 Å². The summed E-state index contributed by atoms with van der Waals surface area (Å²) in [5.41, 5.74) is 0. The van der Waals surface area contributed by atoms with Crippen LogP contribution in [-0.4, -0.2) is 37.0 Å². The minimum absolute atomic E-state index is 0.183. The summed E-state index contributed by atoms with van der Waals surface area (Å²) in [7, 11) is 0. The maximum atomic E-state index is 12.0. The van der Waals surface area contributed by atoms with Gasteiger partial charge in [-0.15, -0.1) is 0 Å². The molecule has 1 N–H and O–H groups in total. The maximum absolute atomic E-state index is 12.0. The SMILES string of the molecule is CC/C=C\C/C=C\C/C=C\C/C=C\CCCCCCC(=O)OC(CO)COCCCCCCCCC. The van der Waals surface area contributed by atoms with E-state index in [9.17, 15) is 9.90 Å². The van der Waals surface area contributed by atoms with Gasteiger partial charge >= 0.3 is 5.97 Å². The molecule has 4 nitrogen and oxygen atoms in total. The van der Waals surface area contributed by atoms with Crippen molar-refractivity contribution < 1.29 is 19.4 Å². The first-order valence-corrected chi connectivity index (χ1v) is 14.7. The molecule has 0 aromatic rings. The van der Waals surface area contributed by atoms with Gasteiger partial charge in [0.25, 0.3) is 0 Å². The predicted octanol–water partition coefficient (Wildman–Crippen LogP) is 8.80. The lowest BCUT2D eigenvalue weighted by Gasteiger charge is -2.15. The van der Waals surface area contributed by atoms with Crippen LogP contribution >= 0.6 is 0 Å². The van der Waals surface area contributed by atoms with Gasteiger partial charge in [0, 0.05) is 13.0 Å². The number of carbonyl (C=O) groups excluding carboxylic acids is 1. The fraction of sp³-hybridized carbons (Fsp3) is 0.719. The highest BCUT2D eigenvalue weighted by Crippen LogP contribution is 2.09. The number of aliphatic hydroxyl groups excluding tert-OH is 1. The number of esters is 1. The van der Waals surface area contributed by atoms with Gasteiger partial charge in [-0.25, -0.2) is 0 Å². The molecule has 0 rings (SSSR count). The highest BCUT2D eigenvalue weighted by Gasteiger charge is 2.13. The van der Waals surface area contributed by atoms with E-state index < -0.39 is 6.10 Å². The number of aliphatic hydroxyl groups is 1. The molecule has 0 spiro atoms. The summed E-state index contributed by atoms with van der Waals surface area (Å²) >= 11 is 0. The number of rotatable bonds is 26. The molecule has 1 unspecified atom stereocenters. The molecule has 36 heavy (non-hydrogen) atoms. The average Bonchev–Trinajstić information content (AvgIpc) is 2.88. The Bertz CT molecular complexity index is 577. The molecular weight excluding hydrogens is 448 g/mol. The summed E-state index contributed by atoms with van der Waals surface area (Å²) in [5.74, 6) is -0.229. The predicted molar refractivity (Wildman–Crippen MR) is 154 cm³/mol. The first-order chi connectivity index (χ1) is 17.7. The van der Waals surface area contributed by atoms with Crippen LogP contribution in [0.1, 0.15) is 123 Å². The summed E-state index contributed by atoms with van der Waals surface area (Å²) in [4.78, 5) is 12.0. The number of unbranched alkanes of at least 4 members (excludes halogenated alkanes) is 10. The van der Waals surface area contributed by atoms with Crippen molar-refractivity contribution in [2.24, 2.45) is 0 Å². The van der Waals surface area contributed by atoms with Crippen molar-refractivity contribution in [2.45, 2.75) is 129 Å². The molecule has 0 bridgehead atoms. The zero-order chi connectivity index (χ0) is 26.4. The van der Waals surface area contributed by atoms with Crippen LogP contribution in [-0.2, 0) is 14.3 Å². The third-order valence-electron chi connectivity index (χ3n) is 5.92. The Morgan fingerprint density at radius 2 is 1.25 bits per heavy atom. The summed E-state index contributed by atoms with van der Waals surface area (Å²) in [6.07, 6.45) is 35.6. The molecule has 0 aliphatic heterocycles. The van der Waals surface area contributed by atoms with Gasteiger partial charge in [-0.05, 0) is 51.4 Å². The Hall–Kier alpha value is -1.65. The first-order valence-electron chi connectivity index (χ1n) is 14.7. The molecule has 208 valence electrons. The molecule has 0 heterocycles. The molecule has 0 aromatic heterocycles. The number of ether oxygens (including phenoxy) is 2. The van der Waals surface area contributed by atoms with Crippen LogP contribution in [0.4, 0.5) is 0 Å². The van der Waals surface area contributed by atoms with Gasteiger partial charge in [-0.3, -0.25) is 4.79 Å². The fourth-order valence-electron chi connectivity index (χ4n) is 3.73. The third-order valence-corrected chi connectivity index (χ3v) is 5.92. The highest BCUT2D eigenvalue weighted by molar-refractivity contribution is 5.69. The average molecular weight is 505 g/mol. The molecule has 0 amide bonds. The zero-order valence-corrected chi connectivity index (χ0v) is 23.5. The van der Waals surface area contributed by atoms with Crippen LogP contribution in [0.5, 0.6) is 0 Å². The van der Waals surface area contributed by atoms with Crippen molar-refractivity contribution >= 4 is 5.97 Å². The fourth-order valence-corrected chi connectivity index (χ4v) is 3.73. The quantitative estimate of drug-likeness (QED) is 0.0726. The van der Waals surface area contributed by atoms with E-state index in [1.807, 2.05) is 0 Å². The summed E-state index contributed by atoms with van der Waals surface area (Å²) in [6.45, 7) is 5.15. The van der Waals surface area contributed by atoms with E-state index in [-0.39, 0.29) is 19.2 Å². The minimum Gasteiger partial charge on any atom is -0.457 e. The van der Waals surface area contributed by atoms with E-state index in [4.69, 9.17) is 9.47 Å². The van der Waals surface area contributed by atoms with Gasteiger partial charge in [0.2, 0.25) is 0 Å². The van der Waals surface area contributed by atoms with E-state index >= 15 is 0 Å². The van der Waals surface area contributed by atoms with E-state index in [0.29, 0.717) is 13.0 Å². The molecule has 0 saturated heterocycles. The molecule has 4 heteroatoms. The molecule has 0 aromatic carbocycles. The standard InChI is InChI=1S/C32H56O4/c1-3-5-7-9-11-12-13-14-15-16-17-18-19-20-21-23-25-27-32(34)36-31(29-33)30-35-28-26-24-22-10-8-6-4-2/h5,7,11-12,14-15,17-18,31,33H,3-4,6,8-10,13,16,19-30H2,1-2H3/b7-5-,12-11-,15-14-,18-17-. The first kappa shape index (κ1) is 34.4. The normalized spacial score (nSPS) is 13.1. The Morgan fingerprint density at radius 3 is 1.89 bits per heavy atom. The van der Waals surface area contributed by atoms with Gasteiger partial charge in [0.1, 0.15) is 6.10 Å². The Labute approximate surface area is 222 Å². The Kier molecular flexibility index (Phi) is 28.2. The van der Waals surface area contributed by atoms with Crippen LogP contribution in [0.25, 0.3) is 0 Å². The van der Waals surface area contributed by atoms with Crippen molar-refractivity contribution in [3.05, 3.63) is 48.6 Å². The van der Waals surface area contributed by atoms with Crippen LogP contribution in [0, 0.1) is 0 Å². The van der Waals surface area contributed by atoms with Crippen LogP contribution in [0.2, 0.25) is 0 Å². The van der Waals surface area contributed by atoms with Gasteiger partial charge in [-0.1, -0.05) is 114 Å². The summed E-state index contributed by atoms with van der Waals surface area (Å²) < 4.78 is 11.0. The van der Waals surface area contributed by atoms with E-state index in [0.717, 1.165) is 64.2 Å². The topological polar surface area (TPSA) is 55.8 Å². The van der Waals surface area contributed by atoms with Crippen molar-refractivity contribution in [1.29, 1.82) is 0 Å². The van der Waals surface area contributed by atoms with Crippen molar-refractivity contribution in [1.82, 2.24) is 0 Å². The second-order valence-electron chi connectivity index (χ2n) is 9.44. The molecule has 0 radical (unpaired) electrons. The van der Waals surface area contributed by atoms with Crippen molar-refractivity contribution in [2.75, 3.05) is 19.8 Å². The molecule has 0 saturated carbocycles. The van der Waals surface area contributed by atoms with E-state index in [2.05, 4.69) is 62.5 Å². The Morgan fingerprint density at radius 1 is 0.694 bits per heavy atom. The lowest BCUT2D eigenvalue weighted by molar-refractivity contribution is -0.154. The monoisotopic (exact) mass is 504 g/mol. The number of hydrogen-bond acceptors (Lipinski definition) is 4. The molecule has 1 atom stereocenters.